The van der Waals surface area contributed by atoms with Gasteiger partial charge in [0.25, 0.3) is 4.84 Å². The highest BCUT2D eigenvalue weighted by atomic mass is 32.1. The summed E-state index contributed by atoms with van der Waals surface area (Å²) in [5.41, 5.74) is 1.89. The van der Waals surface area contributed by atoms with Gasteiger partial charge in [0.1, 0.15) is 0 Å². The van der Waals surface area contributed by atoms with Crippen LogP contribution in [0.4, 0.5) is 0 Å². The van der Waals surface area contributed by atoms with Crippen molar-refractivity contribution in [2.45, 2.75) is 33.0 Å². The number of nitrogens with one attached hydrogen (secondary N) is 1. The molecule has 86 valence electrons. The summed E-state index contributed by atoms with van der Waals surface area (Å²) in [4.78, 5) is 0.525. The molecule has 0 unspecified atom stereocenters. The Morgan fingerprint density at radius 2 is 2.19 bits per heavy atom. The van der Waals surface area contributed by atoms with E-state index in [2.05, 4.69) is 19.2 Å². The molecule has 0 radical (unpaired) electrons. The molecular formula is C12H16N2OS. The Kier molecular flexibility index (Phi) is 3.41. The number of rotatable bonds is 4. The van der Waals surface area contributed by atoms with Gasteiger partial charge in [0.05, 0.1) is 12.2 Å². The monoisotopic (exact) mass is 236 g/mol. The Morgan fingerprint density at radius 3 is 2.94 bits per heavy atom. The van der Waals surface area contributed by atoms with E-state index >= 15 is 0 Å². The van der Waals surface area contributed by atoms with Gasteiger partial charge in [-0.15, -0.1) is 0 Å². The summed E-state index contributed by atoms with van der Waals surface area (Å²) in [6, 6.07) is 8.38. The van der Waals surface area contributed by atoms with E-state index in [1.807, 2.05) is 28.8 Å². The van der Waals surface area contributed by atoms with Gasteiger partial charge >= 0.3 is 0 Å². The van der Waals surface area contributed by atoms with Crippen molar-refractivity contribution in [2.75, 3.05) is 0 Å². The lowest BCUT2D eigenvalue weighted by Gasteiger charge is -2.11. The van der Waals surface area contributed by atoms with E-state index in [0.717, 1.165) is 17.5 Å². The smallest absolute Gasteiger partial charge is 0.270 e. The number of hydrogen-bond acceptors (Lipinski definition) is 3. The van der Waals surface area contributed by atoms with E-state index in [9.17, 15) is 0 Å². The molecule has 0 saturated carbocycles. The van der Waals surface area contributed by atoms with Crippen LogP contribution in [0.3, 0.4) is 0 Å². The van der Waals surface area contributed by atoms with Crippen molar-refractivity contribution in [1.82, 2.24) is 9.88 Å². The number of nitrogens with zero attached hydrogens (tertiary/aromatic N) is 1. The standard InChI is InChI=1S/C12H16N2OS/c1-3-9(2)13-8-14-10-6-4-5-7-11(10)15-12(14)16/h4-7,9,13H,3,8H2,1-2H3/t9-/m0/s1. The maximum Gasteiger partial charge on any atom is 0.270 e. The number of aromatic nitrogens is 1. The predicted molar refractivity (Wildman–Crippen MR) is 67.9 cm³/mol. The highest BCUT2D eigenvalue weighted by Gasteiger charge is 2.06. The minimum Gasteiger partial charge on any atom is -0.429 e. The molecule has 0 amide bonds. The van der Waals surface area contributed by atoms with E-state index in [1.165, 1.54) is 0 Å². The molecule has 0 bridgehead atoms. The maximum atomic E-state index is 5.50. The third kappa shape index (κ3) is 2.18. The predicted octanol–water partition coefficient (Wildman–Crippen LogP) is 3.31. The van der Waals surface area contributed by atoms with Crippen molar-refractivity contribution in [1.29, 1.82) is 0 Å². The fourth-order valence-electron chi connectivity index (χ4n) is 1.56. The normalized spacial score (nSPS) is 13.1. The average molecular weight is 236 g/mol. The molecule has 0 aliphatic carbocycles. The quantitative estimate of drug-likeness (QED) is 0.826. The second kappa shape index (κ2) is 4.80. The van der Waals surface area contributed by atoms with Crippen molar-refractivity contribution >= 4 is 23.3 Å². The average Bonchev–Trinajstić information content (AvgIpc) is 2.62. The fourth-order valence-corrected chi connectivity index (χ4v) is 1.81. The van der Waals surface area contributed by atoms with Crippen molar-refractivity contribution in [3.05, 3.63) is 29.1 Å². The van der Waals surface area contributed by atoms with Crippen LogP contribution in [0.2, 0.25) is 0 Å². The second-order valence-corrected chi connectivity index (χ2v) is 4.28. The van der Waals surface area contributed by atoms with Gasteiger partial charge < -0.3 is 4.42 Å². The number of hydrogen-bond donors (Lipinski definition) is 1. The summed E-state index contributed by atoms with van der Waals surface area (Å²) >= 11 is 5.20. The molecule has 1 aromatic heterocycles. The van der Waals surface area contributed by atoms with Crippen LogP contribution in [-0.2, 0) is 6.67 Å². The van der Waals surface area contributed by atoms with Gasteiger partial charge in [-0.25, -0.2) is 0 Å². The maximum absolute atomic E-state index is 5.50. The van der Waals surface area contributed by atoms with Crippen LogP contribution in [-0.4, -0.2) is 10.6 Å². The Bertz CT molecular complexity index is 529. The molecule has 0 fully saturated rings. The van der Waals surface area contributed by atoms with Gasteiger partial charge in [0.15, 0.2) is 5.58 Å². The van der Waals surface area contributed by atoms with Gasteiger partial charge in [0.2, 0.25) is 0 Å². The van der Waals surface area contributed by atoms with Crippen molar-refractivity contribution < 1.29 is 4.42 Å². The van der Waals surface area contributed by atoms with Gasteiger partial charge in [-0.05, 0) is 37.7 Å². The summed E-state index contributed by atoms with van der Waals surface area (Å²) < 4.78 is 7.49. The Hall–Kier alpha value is -1.13. The molecule has 2 rings (SSSR count). The second-order valence-electron chi connectivity index (χ2n) is 3.94. The summed E-state index contributed by atoms with van der Waals surface area (Å²) in [7, 11) is 0. The van der Waals surface area contributed by atoms with Gasteiger partial charge in [-0.3, -0.25) is 9.88 Å². The van der Waals surface area contributed by atoms with Crippen molar-refractivity contribution in [3.8, 4) is 0 Å². The lowest BCUT2D eigenvalue weighted by Crippen LogP contribution is -2.27. The zero-order chi connectivity index (χ0) is 11.5. The lowest BCUT2D eigenvalue weighted by atomic mass is 10.3. The largest absolute Gasteiger partial charge is 0.429 e. The SMILES string of the molecule is CC[C@H](C)NCn1c(=S)oc2ccccc21. The Labute approximate surface area is 100 Å². The molecule has 1 heterocycles. The van der Waals surface area contributed by atoms with Crippen molar-refractivity contribution in [2.24, 2.45) is 0 Å². The first-order chi connectivity index (χ1) is 7.72. The summed E-state index contributed by atoms with van der Waals surface area (Å²) in [5, 5.41) is 3.40. The van der Waals surface area contributed by atoms with Crippen LogP contribution < -0.4 is 5.32 Å². The van der Waals surface area contributed by atoms with Crippen molar-refractivity contribution in [3.63, 3.8) is 0 Å². The van der Waals surface area contributed by atoms with Gasteiger partial charge in [-0.2, -0.15) is 0 Å². The summed E-state index contributed by atoms with van der Waals surface area (Å²) in [6.45, 7) is 5.02. The zero-order valence-electron chi connectivity index (χ0n) is 9.56. The van der Waals surface area contributed by atoms with Crippen LogP contribution in [0, 0.1) is 4.84 Å². The minimum atomic E-state index is 0.482. The summed E-state index contributed by atoms with van der Waals surface area (Å²) in [5.74, 6) is 0. The van der Waals surface area contributed by atoms with Gasteiger partial charge in [-0.1, -0.05) is 19.1 Å². The van der Waals surface area contributed by atoms with Crippen LogP contribution in [0.15, 0.2) is 28.7 Å². The highest BCUT2D eigenvalue weighted by Crippen LogP contribution is 2.16. The summed E-state index contributed by atoms with van der Waals surface area (Å²) in [6.07, 6.45) is 1.10. The molecule has 3 nitrogen and oxygen atoms in total. The number of benzene rings is 1. The fraction of sp³-hybridized carbons (Fsp3) is 0.417. The first kappa shape index (κ1) is 11.4. The minimum absolute atomic E-state index is 0.482. The lowest BCUT2D eigenvalue weighted by molar-refractivity contribution is 0.445. The van der Waals surface area contributed by atoms with E-state index in [-0.39, 0.29) is 0 Å². The Morgan fingerprint density at radius 1 is 1.44 bits per heavy atom. The first-order valence-electron chi connectivity index (χ1n) is 5.54. The molecule has 1 aromatic carbocycles. The third-order valence-corrected chi connectivity index (χ3v) is 3.09. The van der Waals surface area contributed by atoms with E-state index < -0.39 is 0 Å². The van der Waals surface area contributed by atoms with E-state index in [1.54, 1.807) is 0 Å². The van der Waals surface area contributed by atoms with Crippen LogP contribution in [0.5, 0.6) is 0 Å². The molecule has 0 aliphatic heterocycles. The van der Waals surface area contributed by atoms with E-state index in [0.29, 0.717) is 17.5 Å². The Balaban J connectivity index is 2.29. The zero-order valence-corrected chi connectivity index (χ0v) is 10.4. The van der Waals surface area contributed by atoms with Gasteiger partial charge in [0, 0.05) is 6.04 Å². The number of oxazole rings is 1. The molecule has 4 heteroatoms. The molecule has 16 heavy (non-hydrogen) atoms. The molecule has 1 atom stereocenters. The molecule has 0 saturated heterocycles. The first-order valence-corrected chi connectivity index (χ1v) is 5.95. The topological polar surface area (TPSA) is 30.1 Å². The van der Waals surface area contributed by atoms with E-state index in [4.69, 9.17) is 16.6 Å². The molecule has 0 spiro atoms. The molecule has 0 aliphatic rings. The number of fused-ring (bicyclic) bond motifs is 1. The number of para-hydroxylation sites is 2. The third-order valence-electron chi connectivity index (χ3n) is 2.78. The van der Waals surface area contributed by atoms with Crippen LogP contribution >= 0.6 is 12.2 Å². The van der Waals surface area contributed by atoms with Crippen LogP contribution in [0.1, 0.15) is 20.3 Å². The molecular weight excluding hydrogens is 220 g/mol. The highest BCUT2D eigenvalue weighted by molar-refractivity contribution is 7.71. The molecule has 2 aromatic rings. The molecule has 1 N–H and O–H groups in total. The van der Waals surface area contributed by atoms with Crippen LogP contribution in [0.25, 0.3) is 11.1 Å².